The van der Waals surface area contributed by atoms with E-state index in [9.17, 15) is 0 Å². The summed E-state index contributed by atoms with van der Waals surface area (Å²) in [6, 6.07) is 24.1. The van der Waals surface area contributed by atoms with E-state index in [1.54, 1.807) is 6.20 Å². The molecule has 156 valence electrons. The van der Waals surface area contributed by atoms with Crippen LogP contribution in [0.15, 0.2) is 85.2 Å². The molecule has 3 heterocycles. The number of aromatic nitrogens is 4. The predicted molar refractivity (Wildman–Crippen MR) is 130 cm³/mol. The van der Waals surface area contributed by atoms with Crippen LogP contribution in [0.4, 0.5) is 0 Å². The van der Waals surface area contributed by atoms with Crippen molar-refractivity contribution in [1.82, 2.24) is 20.2 Å². The molecule has 0 spiro atoms. The van der Waals surface area contributed by atoms with Gasteiger partial charge in [-0.3, -0.25) is 10.1 Å². The lowest BCUT2D eigenvalue weighted by atomic mass is 10.1. The van der Waals surface area contributed by atoms with Gasteiger partial charge in [-0.2, -0.15) is 5.10 Å². The number of nitrogens with one attached hydrogen (secondary N) is 2. The van der Waals surface area contributed by atoms with Crippen molar-refractivity contribution < 1.29 is 4.74 Å². The third-order valence-corrected chi connectivity index (χ3v) is 5.12. The number of hydrogen-bond acceptors (Lipinski definition) is 3. The van der Waals surface area contributed by atoms with Gasteiger partial charge in [-0.15, -0.1) is 0 Å². The molecule has 0 unspecified atom stereocenters. The summed E-state index contributed by atoms with van der Waals surface area (Å²) in [4.78, 5) is 7.55. The zero-order chi connectivity index (χ0) is 21.6. The average molecular weight is 419 g/mol. The molecule has 5 heteroatoms. The number of pyridine rings is 1. The predicted octanol–water partition coefficient (Wildman–Crippen LogP) is 6.21. The lowest BCUT2D eigenvalue weighted by Gasteiger charge is -2.05. The fourth-order valence-electron chi connectivity index (χ4n) is 3.43. The molecule has 2 N–H and O–H groups in total. The minimum atomic E-state index is 0.456. The Labute approximate surface area is 186 Å². The molecule has 0 aliphatic rings. The summed E-state index contributed by atoms with van der Waals surface area (Å²) in [6.07, 6.45) is 11.9. The Morgan fingerprint density at radius 3 is 2.59 bits per heavy atom. The third kappa shape index (κ3) is 4.68. The van der Waals surface area contributed by atoms with E-state index in [2.05, 4.69) is 38.4 Å². The number of rotatable bonds is 7. The maximum Gasteiger partial charge on any atom is 0.130 e. The quantitative estimate of drug-likeness (QED) is 0.330. The van der Waals surface area contributed by atoms with Crippen LogP contribution in [-0.2, 0) is 6.61 Å². The second-order valence-electron chi connectivity index (χ2n) is 7.38. The first-order valence-electron chi connectivity index (χ1n) is 10.4. The summed E-state index contributed by atoms with van der Waals surface area (Å²) in [6.45, 7) is 0.456. The molecule has 0 atom stereocenters. The van der Waals surface area contributed by atoms with Gasteiger partial charge in [-0.1, -0.05) is 48.6 Å². The topological polar surface area (TPSA) is 66.6 Å². The highest BCUT2D eigenvalue weighted by Gasteiger charge is 2.00. The van der Waals surface area contributed by atoms with Gasteiger partial charge in [0.25, 0.3) is 0 Å². The van der Waals surface area contributed by atoms with Gasteiger partial charge in [-0.05, 0) is 59.7 Å². The van der Waals surface area contributed by atoms with E-state index in [1.807, 2.05) is 85.1 Å². The molecule has 0 radical (unpaired) electrons. The van der Waals surface area contributed by atoms with Crippen LogP contribution in [-0.4, -0.2) is 20.2 Å². The number of H-pyrrole nitrogens is 2. The van der Waals surface area contributed by atoms with E-state index >= 15 is 0 Å². The zero-order valence-electron chi connectivity index (χ0n) is 17.4. The minimum absolute atomic E-state index is 0.456. The fraction of sp³-hybridized carbons (Fsp3) is 0.0370. The monoisotopic (exact) mass is 418 g/mol. The summed E-state index contributed by atoms with van der Waals surface area (Å²) in [5, 5.41) is 8.65. The number of hydrogen-bond donors (Lipinski definition) is 2. The number of nitrogens with zero attached hydrogens (tertiary/aromatic N) is 2. The van der Waals surface area contributed by atoms with Crippen molar-refractivity contribution in [1.29, 1.82) is 0 Å². The lowest BCUT2D eigenvalue weighted by molar-refractivity contribution is 0.301. The highest BCUT2D eigenvalue weighted by atomic mass is 16.5. The van der Waals surface area contributed by atoms with Crippen LogP contribution in [0.25, 0.3) is 35.2 Å². The molecule has 5 aromatic rings. The molecule has 32 heavy (non-hydrogen) atoms. The van der Waals surface area contributed by atoms with Crippen LogP contribution in [0.1, 0.15) is 28.2 Å². The molecule has 0 fully saturated rings. The van der Waals surface area contributed by atoms with Crippen molar-refractivity contribution in [2.45, 2.75) is 6.61 Å². The largest absolute Gasteiger partial charge is 0.487 e. The van der Waals surface area contributed by atoms with Gasteiger partial charge < -0.3 is 9.72 Å². The van der Waals surface area contributed by atoms with Crippen LogP contribution in [0.5, 0.6) is 5.75 Å². The van der Waals surface area contributed by atoms with Crippen molar-refractivity contribution in [2.24, 2.45) is 0 Å². The molecule has 0 amide bonds. The van der Waals surface area contributed by atoms with Gasteiger partial charge in [0.2, 0.25) is 0 Å². The van der Waals surface area contributed by atoms with Crippen LogP contribution in [0.3, 0.4) is 0 Å². The van der Waals surface area contributed by atoms with Crippen molar-refractivity contribution in [3.05, 3.63) is 113 Å². The summed E-state index contributed by atoms with van der Waals surface area (Å²) in [7, 11) is 0. The van der Waals surface area contributed by atoms with Crippen molar-refractivity contribution in [2.75, 3.05) is 0 Å². The first-order chi connectivity index (χ1) is 15.8. The molecule has 3 aromatic heterocycles. The highest BCUT2D eigenvalue weighted by Crippen LogP contribution is 2.20. The smallest absolute Gasteiger partial charge is 0.130 e. The van der Waals surface area contributed by atoms with E-state index in [0.29, 0.717) is 6.61 Å². The number of ether oxygens (including phenoxy) is 1. The van der Waals surface area contributed by atoms with Crippen molar-refractivity contribution >= 4 is 35.2 Å². The number of aromatic amines is 2. The standard InChI is InChI=1S/C27H22N4O/c1-2-7-27-26(6-1)21(18-29-27)11-13-23-17-22(30-31-23)12-8-20-9-14-25(15-10-20)32-19-24-5-3-4-16-28-24/h1-18,29H,19H2,(H,30,31). The van der Waals surface area contributed by atoms with Gasteiger partial charge in [0, 0.05) is 23.3 Å². The van der Waals surface area contributed by atoms with Crippen molar-refractivity contribution in [3.63, 3.8) is 0 Å². The Morgan fingerprint density at radius 1 is 0.844 bits per heavy atom. The Balaban J connectivity index is 1.20. The minimum Gasteiger partial charge on any atom is -0.487 e. The Hall–Kier alpha value is -4.38. The molecule has 0 aliphatic carbocycles. The lowest BCUT2D eigenvalue weighted by Crippen LogP contribution is -1.97. The van der Waals surface area contributed by atoms with Crippen LogP contribution < -0.4 is 4.74 Å². The van der Waals surface area contributed by atoms with Gasteiger partial charge in [0.05, 0.1) is 17.1 Å². The van der Waals surface area contributed by atoms with Crippen LogP contribution >= 0.6 is 0 Å². The Morgan fingerprint density at radius 2 is 1.72 bits per heavy atom. The number of fused-ring (bicyclic) bond motifs is 1. The Bertz CT molecular complexity index is 1360. The van der Waals surface area contributed by atoms with Crippen LogP contribution in [0, 0.1) is 0 Å². The molecule has 0 saturated carbocycles. The van der Waals surface area contributed by atoms with E-state index in [1.165, 1.54) is 5.39 Å². The molecule has 0 saturated heterocycles. The van der Waals surface area contributed by atoms with Gasteiger partial charge in [0.1, 0.15) is 12.4 Å². The van der Waals surface area contributed by atoms with E-state index in [-0.39, 0.29) is 0 Å². The maximum absolute atomic E-state index is 5.78. The molecule has 0 aliphatic heterocycles. The second-order valence-corrected chi connectivity index (χ2v) is 7.38. The van der Waals surface area contributed by atoms with Gasteiger partial charge in [-0.25, -0.2) is 0 Å². The summed E-state index contributed by atoms with van der Waals surface area (Å²) in [5.41, 5.74) is 6.09. The molecule has 5 rings (SSSR count). The third-order valence-electron chi connectivity index (χ3n) is 5.12. The first-order valence-corrected chi connectivity index (χ1v) is 10.4. The zero-order valence-corrected chi connectivity index (χ0v) is 17.4. The molecule has 0 bridgehead atoms. The van der Waals surface area contributed by atoms with Gasteiger partial charge in [0.15, 0.2) is 0 Å². The molecule has 5 nitrogen and oxygen atoms in total. The van der Waals surface area contributed by atoms with E-state index in [0.717, 1.165) is 39.5 Å². The molecular formula is C27H22N4O. The number of benzene rings is 2. The summed E-state index contributed by atoms with van der Waals surface area (Å²) >= 11 is 0. The van der Waals surface area contributed by atoms with Crippen LogP contribution in [0.2, 0.25) is 0 Å². The van der Waals surface area contributed by atoms with Crippen molar-refractivity contribution in [3.8, 4) is 5.75 Å². The summed E-state index contributed by atoms with van der Waals surface area (Å²) in [5.74, 6) is 0.817. The first kappa shape index (κ1) is 19.6. The van der Waals surface area contributed by atoms with E-state index in [4.69, 9.17) is 4.74 Å². The normalized spacial score (nSPS) is 11.6. The van der Waals surface area contributed by atoms with E-state index < -0.39 is 0 Å². The second kappa shape index (κ2) is 9.18. The Kier molecular flexibility index (Phi) is 5.62. The highest BCUT2D eigenvalue weighted by molar-refractivity contribution is 5.91. The number of para-hydroxylation sites is 1. The SMILES string of the molecule is C(=Cc1cc(C=Cc2c[nH]c3ccccc23)[nH]n1)c1ccc(OCc2ccccn2)cc1. The summed E-state index contributed by atoms with van der Waals surface area (Å²) < 4.78 is 5.78. The average Bonchev–Trinajstić information content (AvgIpc) is 3.48. The van der Waals surface area contributed by atoms with Gasteiger partial charge >= 0.3 is 0 Å². The molecule has 2 aromatic carbocycles. The molecular weight excluding hydrogens is 396 g/mol. The fourth-order valence-corrected chi connectivity index (χ4v) is 3.43. The maximum atomic E-state index is 5.78.